The van der Waals surface area contributed by atoms with Crippen molar-refractivity contribution in [3.8, 4) is 0 Å². The quantitative estimate of drug-likeness (QED) is 0.436. The molecule has 0 aromatic heterocycles. The summed E-state index contributed by atoms with van der Waals surface area (Å²) in [5, 5.41) is 4.99. The number of rotatable bonds is 7. The van der Waals surface area contributed by atoms with Gasteiger partial charge in [0.25, 0.3) is 0 Å². The number of carbonyl (C=O) groups is 2. The first-order valence-corrected chi connectivity index (χ1v) is 9.33. The molecule has 0 bridgehead atoms. The van der Waals surface area contributed by atoms with Crippen molar-refractivity contribution in [1.82, 2.24) is 10.6 Å². The molecule has 2 amide bonds. The van der Waals surface area contributed by atoms with Gasteiger partial charge in [-0.05, 0) is 39.1 Å². The highest BCUT2D eigenvalue weighted by Gasteiger charge is 2.13. The maximum atomic E-state index is 11.8. The minimum Gasteiger partial charge on any atom is -0.333 e. The Balaban J connectivity index is -0.000000434. The van der Waals surface area contributed by atoms with E-state index in [1.54, 1.807) is 49.5 Å². The molecule has 0 aromatic carbocycles. The van der Waals surface area contributed by atoms with Crippen molar-refractivity contribution in [1.29, 1.82) is 0 Å². The van der Waals surface area contributed by atoms with E-state index in [4.69, 9.17) is 0 Å². The van der Waals surface area contributed by atoms with E-state index < -0.39 is 11.8 Å². The zero-order valence-electron chi connectivity index (χ0n) is 18.6. The summed E-state index contributed by atoms with van der Waals surface area (Å²) < 4.78 is 0. The van der Waals surface area contributed by atoms with Crippen molar-refractivity contribution in [2.24, 2.45) is 5.73 Å². The number of nitrogens with one attached hydrogen (secondary N) is 2. The van der Waals surface area contributed by atoms with Crippen LogP contribution >= 0.6 is 0 Å². The Labute approximate surface area is 172 Å². The molecule has 0 spiro atoms. The van der Waals surface area contributed by atoms with Crippen LogP contribution in [0.1, 0.15) is 41.5 Å². The largest absolute Gasteiger partial charge is 0.333 e. The molecule has 0 rings (SSSR count). The highest BCUT2D eigenvalue weighted by molar-refractivity contribution is 6.35. The maximum Gasteiger partial charge on any atom is 0.314 e. The molecule has 4 N–H and O–H groups in total. The average molecular weight is 390 g/mol. The van der Waals surface area contributed by atoms with Crippen LogP contribution in [0.15, 0.2) is 85.3 Å². The fourth-order valence-corrected chi connectivity index (χ4v) is 1.28. The molecule has 0 aliphatic heterocycles. The molecule has 0 aliphatic carbocycles. The maximum absolute atomic E-state index is 11.8. The molecule has 28 heavy (non-hydrogen) atoms. The van der Waals surface area contributed by atoms with Gasteiger partial charge in [0.2, 0.25) is 0 Å². The van der Waals surface area contributed by atoms with Gasteiger partial charge in [-0.3, -0.25) is 9.59 Å². The summed E-state index contributed by atoms with van der Waals surface area (Å²) in [6.07, 6.45) is 16.9. The van der Waals surface area contributed by atoms with Crippen LogP contribution in [0.2, 0.25) is 0 Å². The van der Waals surface area contributed by atoms with Crippen LogP contribution in [0.4, 0.5) is 0 Å². The molecule has 0 radical (unpaired) electrons. The van der Waals surface area contributed by atoms with Crippen LogP contribution < -0.4 is 16.4 Å². The van der Waals surface area contributed by atoms with E-state index in [-0.39, 0.29) is 0 Å². The van der Waals surface area contributed by atoms with Crippen LogP contribution in [0.5, 0.6) is 0 Å². The molecule has 5 heteroatoms. The lowest BCUT2D eigenvalue weighted by molar-refractivity contribution is -0.138. The SMILES string of the molecule is C=C/C=C\C=C(/C)NC(=O)C(=O)NC(/C=C\C=C/C)=C/C=C.CC.CC.CN. The van der Waals surface area contributed by atoms with Gasteiger partial charge < -0.3 is 16.4 Å². The van der Waals surface area contributed by atoms with Crippen molar-refractivity contribution in [3.05, 3.63) is 85.3 Å². The lowest BCUT2D eigenvalue weighted by Gasteiger charge is -2.06. The molecule has 5 nitrogen and oxygen atoms in total. The number of amides is 2. The highest BCUT2D eigenvalue weighted by Crippen LogP contribution is 1.95. The van der Waals surface area contributed by atoms with Gasteiger partial charge in [0.15, 0.2) is 0 Å². The molecular weight excluding hydrogens is 350 g/mol. The van der Waals surface area contributed by atoms with E-state index in [2.05, 4.69) is 29.5 Å². The Morgan fingerprint density at radius 1 is 0.786 bits per heavy atom. The molecule has 0 aliphatic rings. The second-order valence-electron chi connectivity index (χ2n) is 4.12. The third kappa shape index (κ3) is 23.1. The molecule has 0 fully saturated rings. The fourth-order valence-electron chi connectivity index (χ4n) is 1.28. The summed E-state index contributed by atoms with van der Waals surface area (Å²) >= 11 is 0. The second kappa shape index (κ2) is 28.9. The number of nitrogens with two attached hydrogens (primary N) is 1. The lowest BCUT2D eigenvalue weighted by atomic mass is 10.3. The number of carbonyl (C=O) groups excluding carboxylic acids is 2. The topological polar surface area (TPSA) is 84.2 Å². The van der Waals surface area contributed by atoms with Crippen molar-refractivity contribution in [3.63, 3.8) is 0 Å². The molecule has 0 heterocycles. The van der Waals surface area contributed by atoms with E-state index in [1.165, 1.54) is 13.1 Å². The van der Waals surface area contributed by atoms with Gasteiger partial charge in [-0.1, -0.05) is 83.4 Å². The van der Waals surface area contributed by atoms with Gasteiger partial charge in [-0.15, -0.1) is 0 Å². The Morgan fingerprint density at radius 2 is 1.32 bits per heavy atom. The van der Waals surface area contributed by atoms with E-state index in [9.17, 15) is 9.59 Å². The van der Waals surface area contributed by atoms with Crippen molar-refractivity contribution >= 4 is 11.8 Å². The van der Waals surface area contributed by atoms with Crippen LogP contribution in [0, 0.1) is 0 Å². The van der Waals surface area contributed by atoms with Crippen LogP contribution in [0.25, 0.3) is 0 Å². The van der Waals surface area contributed by atoms with Crippen molar-refractivity contribution in [2.45, 2.75) is 41.5 Å². The second-order valence-corrected chi connectivity index (χ2v) is 4.12. The zero-order valence-corrected chi connectivity index (χ0v) is 18.6. The summed E-state index contributed by atoms with van der Waals surface area (Å²) in [6, 6.07) is 0. The zero-order chi connectivity index (χ0) is 22.8. The monoisotopic (exact) mass is 389 g/mol. The average Bonchev–Trinajstić information content (AvgIpc) is 2.73. The summed E-state index contributed by atoms with van der Waals surface area (Å²) in [4.78, 5) is 23.6. The van der Waals surface area contributed by atoms with Gasteiger partial charge in [-0.25, -0.2) is 0 Å². The van der Waals surface area contributed by atoms with Gasteiger partial charge in [0.1, 0.15) is 0 Å². The van der Waals surface area contributed by atoms with E-state index in [0.29, 0.717) is 11.4 Å². The molecule has 0 aromatic rings. The number of hydrogen-bond donors (Lipinski definition) is 3. The first-order chi connectivity index (χ1) is 13.5. The number of allylic oxidation sites excluding steroid dienone is 11. The van der Waals surface area contributed by atoms with Gasteiger partial charge >= 0.3 is 11.8 Å². The molecular formula is C23H39N3O2. The third-order valence-corrected chi connectivity index (χ3v) is 2.24. The summed E-state index contributed by atoms with van der Waals surface area (Å²) in [7, 11) is 1.50. The summed E-state index contributed by atoms with van der Waals surface area (Å²) in [6.45, 7) is 18.7. The van der Waals surface area contributed by atoms with Crippen molar-refractivity contribution in [2.75, 3.05) is 7.05 Å². The fraction of sp³-hybridized carbons (Fsp3) is 0.304. The Morgan fingerprint density at radius 3 is 1.79 bits per heavy atom. The Hall–Kier alpha value is -2.92. The first kappa shape index (κ1) is 32.7. The lowest BCUT2D eigenvalue weighted by Crippen LogP contribution is -2.38. The highest BCUT2D eigenvalue weighted by atomic mass is 16.2. The summed E-state index contributed by atoms with van der Waals surface area (Å²) in [5.41, 5.74) is 5.53. The molecule has 0 saturated heterocycles. The first-order valence-electron chi connectivity index (χ1n) is 9.33. The van der Waals surface area contributed by atoms with Crippen LogP contribution in [-0.4, -0.2) is 18.9 Å². The van der Waals surface area contributed by atoms with E-state index in [0.717, 1.165) is 0 Å². The minimum atomic E-state index is -0.751. The molecule has 0 atom stereocenters. The van der Waals surface area contributed by atoms with E-state index in [1.807, 2.05) is 46.8 Å². The predicted octanol–water partition coefficient (Wildman–Crippen LogP) is 4.69. The van der Waals surface area contributed by atoms with Crippen LogP contribution in [0.3, 0.4) is 0 Å². The Bertz CT molecular complexity index is 566. The third-order valence-electron chi connectivity index (χ3n) is 2.24. The van der Waals surface area contributed by atoms with Crippen LogP contribution in [-0.2, 0) is 9.59 Å². The van der Waals surface area contributed by atoms with Gasteiger partial charge in [-0.2, -0.15) is 0 Å². The smallest absolute Gasteiger partial charge is 0.314 e. The molecule has 0 unspecified atom stereocenters. The molecule has 0 saturated carbocycles. The minimum absolute atomic E-state index is 0.474. The van der Waals surface area contributed by atoms with Crippen molar-refractivity contribution < 1.29 is 9.59 Å². The predicted molar refractivity (Wildman–Crippen MR) is 124 cm³/mol. The molecule has 158 valence electrons. The Kier molecular flexibility index (Phi) is 33.7. The number of hydrogen-bond acceptors (Lipinski definition) is 3. The van der Waals surface area contributed by atoms with E-state index >= 15 is 0 Å². The van der Waals surface area contributed by atoms with Gasteiger partial charge in [0.05, 0.1) is 0 Å². The van der Waals surface area contributed by atoms with Gasteiger partial charge in [0, 0.05) is 11.4 Å². The standard InChI is InChI=1S/C18H22N2O2.2C2H6.CH5N/c1-5-8-10-13-15(4)19-17(21)18(22)20-16(12-7-3)14-11-9-6-2;3*1-2/h5-14H,1,3H2,2,4H3,(H,19,21)(H,20,22);2*1-2H3;2H2,1H3/b9-6-,10-8-,14-11-,15-13+,16-12+;;;. The summed E-state index contributed by atoms with van der Waals surface area (Å²) in [5.74, 6) is -1.49. The normalized spacial score (nSPS) is 10.7.